The summed E-state index contributed by atoms with van der Waals surface area (Å²) >= 11 is 9.57. The average Bonchev–Trinajstić information content (AvgIpc) is 2.14. The lowest BCUT2D eigenvalue weighted by atomic mass is 10.5. The summed E-state index contributed by atoms with van der Waals surface area (Å²) in [7, 11) is 0. The van der Waals surface area contributed by atoms with Gasteiger partial charge in [0.1, 0.15) is 0 Å². The molecule has 44 valence electrons. The van der Waals surface area contributed by atoms with E-state index in [1.54, 1.807) is 11.3 Å². The van der Waals surface area contributed by atoms with Crippen LogP contribution in [-0.4, -0.2) is 0 Å². The van der Waals surface area contributed by atoms with Gasteiger partial charge < -0.3 is 0 Å². The normalized spacial score (nSPS) is 9.75. The molecule has 0 unspecified atom stereocenters. The molecule has 0 saturated heterocycles. The van der Waals surface area contributed by atoms with Crippen molar-refractivity contribution in [2.75, 3.05) is 0 Å². The lowest BCUT2D eigenvalue weighted by molar-refractivity contribution is 1.49. The summed E-state index contributed by atoms with van der Waals surface area (Å²) in [6.45, 7) is 0. The average molecular weight is 259 g/mol. The van der Waals surface area contributed by atoms with Gasteiger partial charge in [-0.15, -0.1) is 22.9 Å². The third-order valence-corrected chi connectivity index (χ3v) is 3.54. The molecule has 0 atom stereocenters. The smallest absolute Gasteiger partial charge is 0.0578 e. The van der Waals surface area contributed by atoms with Crippen molar-refractivity contribution in [1.82, 2.24) is 0 Å². The zero-order valence-electron chi connectivity index (χ0n) is 4.03. The quantitative estimate of drug-likeness (QED) is 0.536. The van der Waals surface area contributed by atoms with Crippen molar-refractivity contribution in [3.63, 3.8) is 0 Å². The number of hydrogen-bond donors (Lipinski definition) is 0. The van der Waals surface area contributed by atoms with Crippen molar-refractivity contribution in [2.45, 2.75) is 5.88 Å². The van der Waals surface area contributed by atoms with Gasteiger partial charge in [0.25, 0.3) is 0 Å². The Morgan fingerprint density at radius 1 is 1.75 bits per heavy atom. The fraction of sp³-hybridized carbons (Fsp3) is 0.200. The zero-order chi connectivity index (χ0) is 5.98. The van der Waals surface area contributed by atoms with Crippen molar-refractivity contribution in [1.29, 1.82) is 0 Å². The molecule has 0 fully saturated rings. The van der Waals surface area contributed by atoms with Crippen LogP contribution in [0.1, 0.15) is 4.88 Å². The molecule has 0 amide bonds. The molecule has 1 rings (SSSR count). The highest BCUT2D eigenvalue weighted by molar-refractivity contribution is 14.1. The highest BCUT2D eigenvalue weighted by atomic mass is 127. The van der Waals surface area contributed by atoms with E-state index in [9.17, 15) is 0 Å². The van der Waals surface area contributed by atoms with Crippen molar-refractivity contribution >= 4 is 45.5 Å². The van der Waals surface area contributed by atoms with Gasteiger partial charge in [0.15, 0.2) is 0 Å². The van der Waals surface area contributed by atoms with Crippen LogP contribution in [0.25, 0.3) is 0 Å². The molecule has 1 aromatic heterocycles. The summed E-state index contributed by atoms with van der Waals surface area (Å²) in [6.07, 6.45) is 0. The van der Waals surface area contributed by atoms with Crippen LogP contribution in [0.15, 0.2) is 11.4 Å². The molecule has 3 heteroatoms. The minimum atomic E-state index is 0.649. The van der Waals surface area contributed by atoms with Gasteiger partial charge in [0.05, 0.1) is 5.88 Å². The number of alkyl halides is 1. The summed E-state index contributed by atoms with van der Waals surface area (Å²) < 4.78 is 1.28. The van der Waals surface area contributed by atoms with Crippen LogP contribution in [0.2, 0.25) is 0 Å². The Bertz CT molecular complexity index is 173. The van der Waals surface area contributed by atoms with Crippen LogP contribution >= 0.6 is 45.5 Å². The maximum atomic E-state index is 5.58. The van der Waals surface area contributed by atoms with E-state index in [1.807, 2.05) is 0 Å². The van der Waals surface area contributed by atoms with E-state index in [-0.39, 0.29) is 0 Å². The summed E-state index contributed by atoms with van der Waals surface area (Å²) in [5.41, 5.74) is 0. The highest BCUT2D eigenvalue weighted by Crippen LogP contribution is 2.19. The van der Waals surface area contributed by atoms with Crippen LogP contribution in [0.5, 0.6) is 0 Å². The summed E-state index contributed by atoms with van der Waals surface area (Å²) in [6, 6.07) is 2.07. The molecule has 0 N–H and O–H groups in total. The minimum Gasteiger partial charge on any atom is -0.147 e. The van der Waals surface area contributed by atoms with Crippen molar-refractivity contribution in [3.8, 4) is 0 Å². The maximum Gasteiger partial charge on any atom is 0.0578 e. The fourth-order valence-electron chi connectivity index (χ4n) is 0.420. The Labute approximate surface area is 71.0 Å². The Balaban J connectivity index is 2.92. The third kappa shape index (κ3) is 1.36. The SMILES string of the molecule is ClCc1sccc1I. The molecule has 0 aliphatic heterocycles. The van der Waals surface area contributed by atoms with E-state index in [0.29, 0.717) is 5.88 Å². The van der Waals surface area contributed by atoms with Crippen LogP contribution in [0, 0.1) is 3.57 Å². The molecule has 0 aromatic carbocycles. The molecule has 0 aliphatic rings. The van der Waals surface area contributed by atoms with E-state index < -0.39 is 0 Å². The Morgan fingerprint density at radius 2 is 2.50 bits per heavy atom. The molecule has 8 heavy (non-hydrogen) atoms. The first kappa shape index (κ1) is 6.83. The van der Waals surface area contributed by atoms with Gasteiger partial charge in [0.2, 0.25) is 0 Å². The first-order chi connectivity index (χ1) is 3.84. The van der Waals surface area contributed by atoms with E-state index in [4.69, 9.17) is 11.6 Å². The molecule has 0 spiro atoms. The summed E-state index contributed by atoms with van der Waals surface area (Å²) in [5.74, 6) is 0.649. The van der Waals surface area contributed by atoms with E-state index in [2.05, 4.69) is 34.0 Å². The lowest BCUT2D eigenvalue weighted by Gasteiger charge is -1.84. The molecule has 1 heterocycles. The summed E-state index contributed by atoms with van der Waals surface area (Å²) in [5, 5.41) is 2.06. The first-order valence-corrected chi connectivity index (χ1v) is 4.61. The van der Waals surface area contributed by atoms with Gasteiger partial charge in [-0.25, -0.2) is 0 Å². The first-order valence-electron chi connectivity index (χ1n) is 2.12. The van der Waals surface area contributed by atoms with Gasteiger partial charge in [-0.3, -0.25) is 0 Å². The zero-order valence-corrected chi connectivity index (χ0v) is 7.76. The van der Waals surface area contributed by atoms with Gasteiger partial charge in [-0.05, 0) is 34.0 Å². The molecule has 0 aliphatic carbocycles. The Morgan fingerprint density at radius 3 is 2.75 bits per heavy atom. The van der Waals surface area contributed by atoms with Crippen molar-refractivity contribution in [2.24, 2.45) is 0 Å². The molecular weight excluding hydrogens is 254 g/mol. The summed E-state index contributed by atoms with van der Waals surface area (Å²) in [4.78, 5) is 1.27. The molecule has 0 radical (unpaired) electrons. The van der Waals surface area contributed by atoms with E-state index >= 15 is 0 Å². The van der Waals surface area contributed by atoms with Crippen LogP contribution in [0.4, 0.5) is 0 Å². The largest absolute Gasteiger partial charge is 0.147 e. The highest BCUT2D eigenvalue weighted by Gasteiger charge is 1.95. The monoisotopic (exact) mass is 258 g/mol. The number of hydrogen-bond acceptors (Lipinski definition) is 1. The van der Waals surface area contributed by atoms with Gasteiger partial charge in [0, 0.05) is 8.45 Å². The van der Waals surface area contributed by atoms with Crippen molar-refractivity contribution in [3.05, 3.63) is 19.9 Å². The van der Waals surface area contributed by atoms with Gasteiger partial charge in [-0.2, -0.15) is 0 Å². The second-order valence-electron chi connectivity index (χ2n) is 1.33. The number of halogens is 2. The van der Waals surface area contributed by atoms with Gasteiger partial charge in [-0.1, -0.05) is 0 Å². The molecular formula is C5H4ClIS. The predicted molar refractivity (Wildman–Crippen MR) is 46.6 cm³/mol. The third-order valence-electron chi connectivity index (χ3n) is 0.812. The predicted octanol–water partition coefficient (Wildman–Crippen LogP) is 3.09. The number of rotatable bonds is 1. The lowest BCUT2D eigenvalue weighted by Crippen LogP contribution is -1.69. The maximum absolute atomic E-state index is 5.58. The number of thiophene rings is 1. The van der Waals surface area contributed by atoms with E-state index in [0.717, 1.165) is 0 Å². The topological polar surface area (TPSA) is 0 Å². The molecule has 0 bridgehead atoms. The molecule has 0 saturated carbocycles. The molecule has 0 nitrogen and oxygen atoms in total. The van der Waals surface area contributed by atoms with Crippen LogP contribution < -0.4 is 0 Å². The van der Waals surface area contributed by atoms with Crippen LogP contribution in [-0.2, 0) is 5.88 Å². The van der Waals surface area contributed by atoms with Crippen molar-refractivity contribution < 1.29 is 0 Å². The standard InChI is InChI=1S/C5H4ClIS/c6-3-5-4(7)1-2-8-5/h1-2H,3H2. The van der Waals surface area contributed by atoms with Crippen LogP contribution in [0.3, 0.4) is 0 Å². The second kappa shape index (κ2) is 3.03. The second-order valence-corrected chi connectivity index (χ2v) is 3.76. The fourth-order valence-corrected chi connectivity index (χ4v) is 2.59. The van der Waals surface area contributed by atoms with E-state index in [1.165, 1.54) is 8.45 Å². The molecule has 1 aromatic rings. The Kier molecular flexibility index (Phi) is 2.59. The Hall–Kier alpha value is 0.720. The minimum absolute atomic E-state index is 0.649. The van der Waals surface area contributed by atoms with Gasteiger partial charge >= 0.3 is 0 Å².